The van der Waals surface area contributed by atoms with Gasteiger partial charge in [0.2, 0.25) is 0 Å². The summed E-state index contributed by atoms with van der Waals surface area (Å²) < 4.78 is 50.7. The molecule has 2 heterocycles. The van der Waals surface area contributed by atoms with Gasteiger partial charge in [-0.3, -0.25) is 0 Å². The van der Waals surface area contributed by atoms with Crippen LogP contribution in [0.4, 0.5) is 8.78 Å². The number of benzene rings is 8. The highest BCUT2D eigenvalue weighted by Gasteiger charge is 2.35. The molecule has 2 N–H and O–H groups in total. The Labute approximate surface area is 554 Å². The van der Waals surface area contributed by atoms with E-state index in [4.69, 9.17) is 9.47 Å². The third-order valence-electron chi connectivity index (χ3n) is 19.0. The number of aromatic hydroxyl groups is 2. The van der Waals surface area contributed by atoms with Gasteiger partial charge in [-0.05, 0) is 187 Å². The average Bonchev–Trinajstić information content (AvgIpc) is 1.58. The fourth-order valence-corrected chi connectivity index (χ4v) is 14.7. The maximum Gasteiger partial charge on any atom is 0.147 e. The number of phenolic OH excluding ortho intramolecular Hbond substituents is 2. The molecule has 0 spiro atoms. The lowest BCUT2D eigenvalue weighted by Gasteiger charge is -2.34. The molecule has 0 aliphatic carbocycles. The van der Waals surface area contributed by atoms with Gasteiger partial charge in [-0.2, -0.15) is 0 Å². The zero-order chi connectivity index (χ0) is 68.4. The molecular formula is C85H104F2N2O4. The lowest BCUT2D eigenvalue weighted by atomic mass is 9.71. The number of hydrogen-bond donors (Lipinski definition) is 2. The van der Waals surface area contributed by atoms with E-state index in [1.54, 1.807) is 0 Å². The largest absolute Gasteiger partial charge is 0.505 e. The summed E-state index contributed by atoms with van der Waals surface area (Å²) >= 11 is 0. The van der Waals surface area contributed by atoms with Crippen LogP contribution < -0.4 is 9.47 Å². The van der Waals surface area contributed by atoms with E-state index in [0.29, 0.717) is 62.7 Å². The smallest absolute Gasteiger partial charge is 0.147 e. The zero-order valence-electron chi connectivity index (χ0n) is 60.4. The molecule has 0 radical (unpaired) electrons. The number of aromatic nitrogens is 2. The van der Waals surface area contributed by atoms with E-state index in [9.17, 15) is 10.2 Å². The highest BCUT2D eigenvalue weighted by molar-refractivity contribution is 6.11. The Bertz CT molecular complexity index is 4110. The molecule has 93 heavy (non-hydrogen) atoms. The summed E-state index contributed by atoms with van der Waals surface area (Å²) in [5, 5.41) is 30.8. The minimum absolute atomic E-state index is 0.0173. The first kappa shape index (κ1) is 68.3. The maximum atomic E-state index is 16.3. The first-order valence-electron chi connectivity index (χ1n) is 33.6. The van der Waals surface area contributed by atoms with Crippen molar-refractivity contribution >= 4 is 43.6 Å². The second-order valence-electron chi connectivity index (χ2n) is 34.9. The number of phenols is 2. The summed E-state index contributed by atoms with van der Waals surface area (Å²) in [5.41, 5.74) is 13.3. The van der Waals surface area contributed by atoms with Crippen LogP contribution in [0.1, 0.15) is 216 Å². The van der Waals surface area contributed by atoms with E-state index in [1.165, 1.54) is 46.5 Å². The summed E-state index contributed by atoms with van der Waals surface area (Å²) in [6.45, 7) is 53.2. The first-order chi connectivity index (χ1) is 42.8. The number of fused-ring (bicyclic) bond motifs is 6. The molecule has 492 valence electrons. The molecule has 0 fully saturated rings. The molecule has 8 heteroatoms. The molecule has 0 amide bonds. The molecule has 0 atom stereocenters. The number of nitrogens with zero attached hydrogens (tertiary/aromatic N) is 2. The minimum atomic E-state index is -0.445. The van der Waals surface area contributed by atoms with Crippen molar-refractivity contribution in [3.05, 3.63) is 177 Å². The van der Waals surface area contributed by atoms with Gasteiger partial charge in [-0.25, -0.2) is 8.78 Å². The van der Waals surface area contributed by atoms with Crippen LogP contribution in [0.25, 0.3) is 77.2 Å². The Morgan fingerprint density at radius 1 is 0.344 bits per heavy atom. The molecular weight excluding hydrogens is 1150 g/mol. The summed E-state index contributed by atoms with van der Waals surface area (Å²) in [6, 6.07) is 41.1. The number of aryl methyl sites for hydroxylation is 2. The topological polar surface area (TPSA) is 68.8 Å². The molecule has 0 aliphatic rings. The van der Waals surface area contributed by atoms with Gasteiger partial charge in [0, 0.05) is 50.2 Å². The van der Waals surface area contributed by atoms with Gasteiger partial charge in [-0.15, -0.1) is 0 Å². The van der Waals surface area contributed by atoms with Crippen molar-refractivity contribution in [3.8, 4) is 56.6 Å². The summed E-state index contributed by atoms with van der Waals surface area (Å²) in [7, 11) is 0. The molecule has 0 saturated carbocycles. The average molecular weight is 1260 g/mol. The predicted octanol–water partition coefficient (Wildman–Crippen LogP) is 24.0. The lowest BCUT2D eigenvalue weighted by Crippen LogP contribution is -2.25. The van der Waals surface area contributed by atoms with Crippen molar-refractivity contribution in [3.63, 3.8) is 0 Å². The standard InChI is InChI=1S/C85H104F2N2O4/c1-50-36-58(86)46-66(64-38-56(84(21,22)48-78(3,4)5)44-72(74(64)90)88-68-40-52(80(9,10)11)26-30-60(68)61-31-27-53(41-69(61)88)81(12,13)14)76(50)92-34-25-35-93-77-51(2)37-59(87)47-67(77)65-39-57(85(23,24)49-79(6,7)8)45-73(75(65)91)89-70-42-54(82(15,16)17)28-32-62(70)63-33-29-55(43-71(63)89)83(18,19)20/h26-33,36-47,90-91H,25,34-35,48-49H2,1-24H3. The third kappa shape index (κ3) is 13.7. The van der Waals surface area contributed by atoms with Crippen molar-refractivity contribution in [1.29, 1.82) is 0 Å². The highest BCUT2D eigenvalue weighted by atomic mass is 19.1. The number of halogens is 2. The van der Waals surface area contributed by atoms with Gasteiger partial charge in [0.1, 0.15) is 34.6 Å². The van der Waals surface area contributed by atoms with Crippen LogP contribution in [0.15, 0.2) is 121 Å². The monoisotopic (exact) mass is 1250 g/mol. The molecule has 10 aromatic rings. The van der Waals surface area contributed by atoms with Crippen molar-refractivity contribution in [2.45, 2.75) is 218 Å². The van der Waals surface area contributed by atoms with Crippen LogP contribution in [-0.4, -0.2) is 32.6 Å². The highest BCUT2D eigenvalue weighted by Crippen LogP contribution is 2.51. The van der Waals surface area contributed by atoms with Crippen LogP contribution in [0.5, 0.6) is 23.0 Å². The summed E-state index contributed by atoms with van der Waals surface area (Å²) in [4.78, 5) is 0. The Balaban J connectivity index is 1.08. The predicted molar refractivity (Wildman–Crippen MR) is 390 cm³/mol. The second kappa shape index (κ2) is 23.7. The number of hydrogen-bond acceptors (Lipinski definition) is 4. The van der Waals surface area contributed by atoms with E-state index >= 15 is 8.78 Å². The second-order valence-corrected chi connectivity index (χ2v) is 34.9. The fourth-order valence-electron chi connectivity index (χ4n) is 14.7. The first-order valence-corrected chi connectivity index (χ1v) is 33.6. The number of ether oxygens (including phenoxy) is 2. The van der Waals surface area contributed by atoms with Crippen molar-refractivity contribution in [2.24, 2.45) is 10.8 Å². The fraction of sp³-hybridized carbons (Fsp3) is 0.435. The van der Waals surface area contributed by atoms with Gasteiger partial charge in [-0.1, -0.05) is 201 Å². The Morgan fingerprint density at radius 3 is 0.882 bits per heavy atom. The molecule has 0 bridgehead atoms. The third-order valence-corrected chi connectivity index (χ3v) is 19.0. The van der Waals surface area contributed by atoms with Gasteiger partial charge in [0.25, 0.3) is 0 Å². The minimum Gasteiger partial charge on any atom is -0.505 e. The summed E-state index contributed by atoms with van der Waals surface area (Å²) in [6.07, 6.45) is 2.05. The van der Waals surface area contributed by atoms with E-state index in [1.807, 2.05) is 26.0 Å². The molecule has 0 saturated heterocycles. The molecule has 2 aromatic heterocycles. The van der Waals surface area contributed by atoms with E-state index in [-0.39, 0.29) is 68.0 Å². The van der Waals surface area contributed by atoms with Crippen molar-refractivity contribution in [2.75, 3.05) is 13.2 Å². The Hall–Kier alpha value is -7.58. The molecule has 10 rings (SSSR count). The molecule has 0 aliphatic heterocycles. The number of rotatable bonds is 14. The van der Waals surface area contributed by atoms with E-state index in [2.05, 4.69) is 246 Å². The normalized spacial score (nSPS) is 13.4. The Morgan fingerprint density at radius 2 is 0.624 bits per heavy atom. The molecule has 0 unspecified atom stereocenters. The van der Waals surface area contributed by atoms with Gasteiger partial charge in [0.15, 0.2) is 0 Å². The molecule has 8 aromatic carbocycles. The summed E-state index contributed by atoms with van der Waals surface area (Å²) in [5.74, 6) is 0.0528. The van der Waals surface area contributed by atoms with Gasteiger partial charge >= 0.3 is 0 Å². The van der Waals surface area contributed by atoms with Crippen molar-refractivity contribution in [1.82, 2.24) is 9.13 Å². The van der Waals surface area contributed by atoms with Gasteiger partial charge in [0.05, 0.1) is 46.7 Å². The Kier molecular flexibility index (Phi) is 17.4. The lowest BCUT2D eigenvalue weighted by molar-refractivity contribution is 0.246. The van der Waals surface area contributed by atoms with Gasteiger partial charge < -0.3 is 28.8 Å². The van der Waals surface area contributed by atoms with E-state index < -0.39 is 11.6 Å². The maximum absolute atomic E-state index is 16.3. The van der Waals surface area contributed by atoms with Crippen LogP contribution in [0, 0.1) is 36.3 Å². The van der Waals surface area contributed by atoms with Crippen molar-refractivity contribution < 1.29 is 28.5 Å². The zero-order valence-corrected chi connectivity index (χ0v) is 60.4. The van der Waals surface area contributed by atoms with Crippen LogP contribution >= 0.6 is 0 Å². The molecule has 6 nitrogen and oxygen atoms in total. The van der Waals surface area contributed by atoms with E-state index in [0.717, 1.165) is 67.6 Å². The van der Waals surface area contributed by atoms with Crippen LogP contribution in [0.2, 0.25) is 0 Å². The quantitative estimate of drug-likeness (QED) is 0.106. The van der Waals surface area contributed by atoms with Crippen LogP contribution in [0.3, 0.4) is 0 Å². The van der Waals surface area contributed by atoms with Crippen LogP contribution in [-0.2, 0) is 32.5 Å². The SMILES string of the molecule is Cc1cc(F)cc(-c2cc(C(C)(C)CC(C)(C)C)cc(-n3c4cc(C(C)(C)C)ccc4c4ccc(C(C)(C)C)cc43)c2O)c1OCCCOc1c(C)cc(F)cc1-c1cc(C(C)(C)CC(C)(C)C)cc(-n2c3cc(C(C)(C)C)ccc3c3ccc(C(C)(C)C)cc32)c1O.